The molecule has 0 aliphatic rings. The first-order valence-corrected chi connectivity index (χ1v) is 5.57. The van der Waals surface area contributed by atoms with Crippen LogP contribution in [0, 0.1) is 11.2 Å². The van der Waals surface area contributed by atoms with Crippen LogP contribution in [0.3, 0.4) is 0 Å². The monoisotopic (exact) mass is 256 g/mol. The molecule has 1 rings (SSSR count). The van der Waals surface area contributed by atoms with Crippen molar-refractivity contribution in [2.75, 3.05) is 0 Å². The first-order valence-electron chi connectivity index (χ1n) is 5.13. The van der Waals surface area contributed by atoms with Crippen molar-refractivity contribution < 1.29 is 13.9 Å². The fourth-order valence-electron chi connectivity index (χ4n) is 1.12. The molecule has 0 saturated carbocycles. The molecule has 1 aromatic rings. The highest BCUT2D eigenvalue weighted by Gasteiger charge is 2.26. The van der Waals surface area contributed by atoms with Crippen LogP contribution in [0.5, 0.6) is 5.75 Å². The molecule has 92 valence electrons. The highest BCUT2D eigenvalue weighted by molar-refractivity contribution is 6.27. The summed E-state index contributed by atoms with van der Waals surface area (Å²) in [6.45, 7) is 5.30. The average molecular weight is 257 g/mol. The minimum atomic E-state index is -0.583. The number of ether oxygens (including phenoxy) is 1. The van der Waals surface area contributed by atoms with Gasteiger partial charge in [0.05, 0.1) is 5.54 Å². The number of allylic oxidation sites excluding steroid dienone is 1. The molecule has 1 aromatic carbocycles. The van der Waals surface area contributed by atoms with E-state index >= 15 is 0 Å². The second-order valence-corrected chi connectivity index (χ2v) is 4.83. The zero-order chi connectivity index (χ0) is 13.1. The molecule has 0 radical (unpaired) electrons. The lowest BCUT2D eigenvalue weighted by molar-refractivity contribution is -0.124. The van der Waals surface area contributed by atoms with Gasteiger partial charge in [0.2, 0.25) is 5.78 Å². The topological polar surface area (TPSA) is 26.3 Å². The minimum absolute atomic E-state index is 0.0470. The van der Waals surface area contributed by atoms with E-state index in [1.54, 1.807) is 20.8 Å². The van der Waals surface area contributed by atoms with E-state index in [4.69, 9.17) is 16.3 Å². The smallest absolute Gasteiger partial charge is 0.204 e. The van der Waals surface area contributed by atoms with E-state index in [-0.39, 0.29) is 17.4 Å². The fourth-order valence-corrected chi connectivity index (χ4v) is 1.26. The van der Waals surface area contributed by atoms with Crippen molar-refractivity contribution in [3.63, 3.8) is 0 Å². The standard InChI is InChI=1S/C13H14ClFO2/c1-13(2,3)12(16)11(8-14)17-10-6-4-9(15)5-7-10/h4-8H,1-3H3/b11-8-. The van der Waals surface area contributed by atoms with Crippen molar-refractivity contribution in [2.45, 2.75) is 20.8 Å². The lowest BCUT2D eigenvalue weighted by Crippen LogP contribution is -2.24. The molecule has 0 atom stereocenters. The number of hydrogen-bond acceptors (Lipinski definition) is 2. The Morgan fingerprint density at radius 3 is 2.24 bits per heavy atom. The van der Waals surface area contributed by atoms with Crippen molar-refractivity contribution in [3.8, 4) is 5.75 Å². The number of benzene rings is 1. The summed E-state index contributed by atoms with van der Waals surface area (Å²) in [5.74, 6) is -0.158. The van der Waals surface area contributed by atoms with Crippen LogP contribution >= 0.6 is 11.6 Å². The number of halogens is 2. The summed E-state index contributed by atoms with van der Waals surface area (Å²) in [6.07, 6.45) is 0. The quantitative estimate of drug-likeness (QED) is 0.606. The molecule has 0 N–H and O–H groups in total. The molecule has 0 spiro atoms. The van der Waals surface area contributed by atoms with Crippen LogP contribution in [-0.4, -0.2) is 5.78 Å². The molecule has 0 amide bonds. The van der Waals surface area contributed by atoms with Gasteiger partial charge in [-0.1, -0.05) is 32.4 Å². The minimum Gasteiger partial charge on any atom is -0.453 e. The van der Waals surface area contributed by atoms with E-state index in [1.165, 1.54) is 24.3 Å². The van der Waals surface area contributed by atoms with Gasteiger partial charge in [-0.15, -0.1) is 0 Å². The Labute approximate surface area is 105 Å². The van der Waals surface area contributed by atoms with Gasteiger partial charge < -0.3 is 4.74 Å². The van der Waals surface area contributed by atoms with E-state index in [2.05, 4.69) is 0 Å². The maximum Gasteiger partial charge on any atom is 0.204 e. The van der Waals surface area contributed by atoms with Gasteiger partial charge in [-0.2, -0.15) is 0 Å². The molecule has 17 heavy (non-hydrogen) atoms. The molecule has 2 nitrogen and oxygen atoms in total. The summed E-state index contributed by atoms with van der Waals surface area (Å²) in [4.78, 5) is 11.9. The van der Waals surface area contributed by atoms with Gasteiger partial charge in [-0.3, -0.25) is 4.79 Å². The molecule has 4 heteroatoms. The molecule has 0 aliphatic carbocycles. The maximum absolute atomic E-state index is 12.7. The summed E-state index contributed by atoms with van der Waals surface area (Å²) in [5, 5.41) is 0. The van der Waals surface area contributed by atoms with E-state index < -0.39 is 5.41 Å². The predicted molar refractivity (Wildman–Crippen MR) is 65.4 cm³/mol. The van der Waals surface area contributed by atoms with Crippen LogP contribution < -0.4 is 4.74 Å². The summed E-state index contributed by atoms with van der Waals surface area (Å²) >= 11 is 5.57. The van der Waals surface area contributed by atoms with Crippen LogP contribution in [0.1, 0.15) is 20.8 Å². The van der Waals surface area contributed by atoms with Crippen molar-refractivity contribution >= 4 is 17.4 Å². The van der Waals surface area contributed by atoms with Gasteiger partial charge >= 0.3 is 0 Å². The SMILES string of the molecule is CC(C)(C)C(=O)/C(=C/Cl)Oc1ccc(F)cc1. The second kappa shape index (κ2) is 5.32. The van der Waals surface area contributed by atoms with Crippen LogP contribution in [0.15, 0.2) is 35.6 Å². The summed E-state index contributed by atoms with van der Waals surface area (Å²) in [5.41, 5.74) is 0.512. The third kappa shape index (κ3) is 3.86. The molecule has 0 saturated heterocycles. The highest BCUT2D eigenvalue weighted by atomic mass is 35.5. The van der Waals surface area contributed by atoms with Gasteiger partial charge in [-0.25, -0.2) is 4.39 Å². The zero-order valence-electron chi connectivity index (χ0n) is 9.96. The van der Waals surface area contributed by atoms with Gasteiger partial charge in [0, 0.05) is 5.41 Å². The third-order valence-corrected chi connectivity index (χ3v) is 2.24. The molecule has 0 aromatic heterocycles. The first kappa shape index (κ1) is 13.7. The van der Waals surface area contributed by atoms with Crippen LogP contribution in [-0.2, 0) is 4.79 Å². The predicted octanol–water partition coefficient (Wildman–Crippen LogP) is 3.90. The van der Waals surface area contributed by atoms with E-state index in [1.807, 2.05) is 0 Å². The summed E-state index contributed by atoms with van der Waals surface area (Å²) < 4.78 is 18.0. The van der Waals surface area contributed by atoms with Crippen LogP contribution in [0.2, 0.25) is 0 Å². The number of hydrogen-bond donors (Lipinski definition) is 0. The van der Waals surface area contributed by atoms with Gasteiger partial charge in [0.15, 0.2) is 5.76 Å². The Morgan fingerprint density at radius 2 is 1.82 bits per heavy atom. The molecule has 0 heterocycles. The Morgan fingerprint density at radius 1 is 1.29 bits per heavy atom. The summed E-state index contributed by atoms with van der Waals surface area (Å²) in [7, 11) is 0. The Kier molecular flexibility index (Phi) is 4.29. The molecule has 0 unspecified atom stereocenters. The van der Waals surface area contributed by atoms with Crippen molar-refractivity contribution in [1.82, 2.24) is 0 Å². The zero-order valence-corrected chi connectivity index (χ0v) is 10.7. The van der Waals surface area contributed by atoms with Gasteiger partial charge in [0.25, 0.3) is 0 Å². The fraction of sp³-hybridized carbons (Fsp3) is 0.308. The lowest BCUT2D eigenvalue weighted by Gasteiger charge is -2.18. The van der Waals surface area contributed by atoms with Gasteiger partial charge in [0.1, 0.15) is 11.6 Å². The molecule has 0 fully saturated rings. The van der Waals surface area contributed by atoms with Crippen LogP contribution in [0.25, 0.3) is 0 Å². The lowest BCUT2D eigenvalue weighted by atomic mass is 9.90. The molecular formula is C13H14ClFO2. The van der Waals surface area contributed by atoms with Crippen molar-refractivity contribution in [2.24, 2.45) is 5.41 Å². The molecule has 0 aliphatic heterocycles. The van der Waals surface area contributed by atoms with E-state index in [9.17, 15) is 9.18 Å². The average Bonchev–Trinajstić information content (AvgIpc) is 2.26. The number of Topliss-reactive ketones (excluding diaryl/α,β-unsaturated/α-hetero) is 1. The maximum atomic E-state index is 12.7. The largest absolute Gasteiger partial charge is 0.453 e. The second-order valence-electron chi connectivity index (χ2n) is 4.61. The molecular weight excluding hydrogens is 243 g/mol. The third-order valence-electron chi connectivity index (χ3n) is 2.05. The molecule has 0 bridgehead atoms. The number of carbonyl (C=O) groups is 1. The Balaban J connectivity index is 2.86. The van der Waals surface area contributed by atoms with Crippen molar-refractivity contribution in [3.05, 3.63) is 41.4 Å². The number of ketones is 1. The Bertz CT molecular complexity index is 430. The van der Waals surface area contributed by atoms with E-state index in [0.717, 1.165) is 5.54 Å². The van der Waals surface area contributed by atoms with Crippen molar-refractivity contribution in [1.29, 1.82) is 0 Å². The van der Waals surface area contributed by atoms with Gasteiger partial charge in [-0.05, 0) is 24.3 Å². The normalized spacial score (nSPS) is 12.4. The number of carbonyl (C=O) groups excluding carboxylic acids is 1. The summed E-state index contributed by atoms with van der Waals surface area (Å²) in [6, 6.07) is 5.38. The van der Waals surface area contributed by atoms with E-state index in [0.29, 0.717) is 5.75 Å². The number of rotatable bonds is 3. The highest BCUT2D eigenvalue weighted by Crippen LogP contribution is 2.23. The van der Waals surface area contributed by atoms with Crippen LogP contribution in [0.4, 0.5) is 4.39 Å². The first-order chi connectivity index (χ1) is 7.84. The Hall–Kier alpha value is -1.35.